The Hall–Kier alpha value is -3.08. The minimum Gasteiger partial charge on any atom is -0.497 e. The van der Waals surface area contributed by atoms with Crippen molar-refractivity contribution in [3.05, 3.63) is 78.6 Å². The van der Waals surface area contributed by atoms with Gasteiger partial charge in [-0.05, 0) is 35.9 Å². The monoisotopic (exact) mass is 307 g/mol. The van der Waals surface area contributed by atoms with Gasteiger partial charge in [0.2, 0.25) is 0 Å². The summed E-state index contributed by atoms with van der Waals surface area (Å²) in [5.74, 6) is 0.597. The summed E-state index contributed by atoms with van der Waals surface area (Å²) in [6.07, 6.45) is 3.45. The van der Waals surface area contributed by atoms with Crippen LogP contribution >= 0.6 is 0 Å². The second-order valence-electron chi connectivity index (χ2n) is 5.02. The molecule has 0 spiro atoms. The lowest BCUT2D eigenvalue weighted by atomic mass is 10.1. The number of methoxy groups -OCH3 is 1. The second kappa shape index (κ2) is 6.79. The van der Waals surface area contributed by atoms with E-state index in [4.69, 9.17) is 4.74 Å². The van der Waals surface area contributed by atoms with Crippen molar-refractivity contribution >= 4 is 11.6 Å². The zero-order valence-corrected chi connectivity index (χ0v) is 12.7. The van der Waals surface area contributed by atoms with Gasteiger partial charge in [0, 0.05) is 18.1 Å². The lowest BCUT2D eigenvalue weighted by Gasteiger charge is -2.18. The summed E-state index contributed by atoms with van der Waals surface area (Å²) in [5.41, 5.74) is 1.59. The Balaban J connectivity index is 1.86. The molecule has 5 heteroatoms. The fourth-order valence-corrected chi connectivity index (χ4v) is 2.38. The van der Waals surface area contributed by atoms with Crippen LogP contribution in [0.4, 0.5) is 5.69 Å². The van der Waals surface area contributed by atoms with Gasteiger partial charge < -0.3 is 10.1 Å². The Morgan fingerprint density at radius 3 is 2.43 bits per heavy atom. The van der Waals surface area contributed by atoms with Crippen LogP contribution in [0, 0.1) is 0 Å². The number of ether oxygens (including phenoxy) is 1. The van der Waals surface area contributed by atoms with Gasteiger partial charge in [-0.2, -0.15) is 5.10 Å². The third-order valence-corrected chi connectivity index (χ3v) is 3.51. The van der Waals surface area contributed by atoms with E-state index in [0.717, 1.165) is 11.3 Å². The first-order valence-electron chi connectivity index (χ1n) is 7.27. The molecule has 116 valence electrons. The summed E-state index contributed by atoms with van der Waals surface area (Å²) in [7, 11) is 1.61. The van der Waals surface area contributed by atoms with Gasteiger partial charge in [-0.3, -0.25) is 9.48 Å². The maximum absolute atomic E-state index is 12.8. The third-order valence-electron chi connectivity index (χ3n) is 3.51. The number of carbonyl (C=O) groups excluding carboxylic acids is 1. The van der Waals surface area contributed by atoms with E-state index in [1.807, 2.05) is 42.5 Å². The molecule has 1 amide bonds. The molecule has 5 nitrogen and oxygen atoms in total. The summed E-state index contributed by atoms with van der Waals surface area (Å²) >= 11 is 0. The molecule has 0 aliphatic carbocycles. The molecular formula is C18H17N3O2. The molecule has 0 saturated carbocycles. The molecule has 1 aromatic heterocycles. The van der Waals surface area contributed by atoms with Crippen molar-refractivity contribution in [3.8, 4) is 5.75 Å². The van der Waals surface area contributed by atoms with Crippen LogP contribution in [0.3, 0.4) is 0 Å². The highest BCUT2D eigenvalue weighted by Gasteiger charge is 2.22. The molecule has 1 atom stereocenters. The molecule has 0 saturated heterocycles. The molecule has 0 bridgehead atoms. The molecule has 0 fully saturated rings. The minimum absolute atomic E-state index is 0.148. The Morgan fingerprint density at radius 1 is 1.09 bits per heavy atom. The van der Waals surface area contributed by atoms with E-state index in [2.05, 4.69) is 10.4 Å². The van der Waals surface area contributed by atoms with Gasteiger partial charge in [0.1, 0.15) is 5.75 Å². The SMILES string of the molecule is COc1ccc(NC(=O)[C@H](c2ccccc2)n2cccn2)cc1. The lowest BCUT2D eigenvalue weighted by molar-refractivity contribution is -0.118. The number of carbonyl (C=O) groups is 1. The zero-order valence-electron chi connectivity index (χ0n) is 12.7. The number of nitrogens with zero attached hydrogens (tertiary/aromatic N) is 2. The van der Waals surface area contributed by atoms with Gasteiger partial charge in [-0.15, -0.1) is 0 Å². The quantitative estimate of drug-likeness (QED) is 0.788. The number of hydrogen-bond donors (Lipinski definition) is 1. The average Bonchev–Trinajstić information content (AvgIpc) is 3.11. The van der Waals surface area contributed by atoms with E-state index < -0.39 is 6.04 Å². The second-order valence-corrected chi connectivity index (χ2v) is 5.02. The van der Waals surface area contributed by atoms with E-state index in [-0.39, 0.29) is 5.91 Å². The van der Waals surface area contributed by atoms with Crippen molar-refractivity contribution in [3.63, 3.8) is 0 Å². The van der Waals surface area contributed by atoms with E-state index in [1.54, 1.807) is 42.4 Å². The minimum atomic E-state index is -0.520. The van der Waals surface area contributed by atoms with E-state index in [1.165, 1.54) is 0 Å². The van der Waals surface area contributed by atoms with Gasteiger partial charge in [0.05, 0.1) is 7.11 Å². The molecule has 1 heterocycles. The highest BCUT2D eigenvalue weighted by atomic mass is 16.5. The van der Waals surface area contributed by atoms with Crippen LogP contribution in [0.15, 0.2) is 73.1 Å². The van der Waals surface area contributed by atoms with Gasteiger partial charge in [-0.1, -0.05) is 30.3 Å². The Labute approximate surface area is 134 Å². The van der Waals surface area contributed by atoms with Crippen molar-refractivity contribution in [2.75, 3.05) is 12.4 Å². The van der Waals surface area contributed by atoms with Crippen molar-refractivity contribution < 1.29 is 9.53 Å². The normalized spacial score (nSPS) is 11.7. The van der Waals surface area contributed by atoms with Crippen LogP contribution in [0.5, 0.6) is 5.75 Å². The predicted octanol–water partition coefficient (Wildman–Crippen LogP) is 3.12. The van der Waals surface area contributed by atoms with Crippen molar-refractivity contribution in [1.29, 1.82) is 0 Å². The van der Waals surface area contributed by atoms with Gasteiger partial charge in [0.15, 0.2) is 6.04 Å². The van der Waals surface area contributed by atoms with Crippen LogP contribution < -0.4 is 10.1 Å². The first-order chi connectivity index (χ1) is 11.3. The topological polar surface area (TPSA) is 56.1 Å². The smallest absolute Gasteiger partial charge is 0.253 e. The average molecular weight is 307 g/mol. The van der Waals surface area contributed by atoms with Crippen molar-refractivity contribution in [1.82, 2.24) is 9.78 Å². The number of hydrogen-bond acceptors (Lipinski definition) is 3. The van der Waals surface area contributed by atoms with Crippen molar-refractivity contribution in [2.24, 2.45) is 0 Å². The summed E-state index contributed by atoms with van der Waals surface area (Å²) in [6, 6.07) is 18.1. The molecule has 1 N–H and O–H groups in total. The summed E-state index contributed by atoms with van der Waals surface area (Å²) in [6.45, 7) is 0. The number of anilines is 1. The molecule has 0 radical (unpaired) electrons. The van der Waals surface area contributed by atoms with Crippen LogP contribution in [0.25, 0.3) is 0 Å². The molecule has 3 aromatic rings. The molecular weight excluding hydrogens is 290 g/mol. The molecule has 0 aliphatic rings. The predicted molar refractivity (Wildman–Crippen MR) is 88.4 cm³/mol. The van der Waals surface area contributed by atoms with Crippen LogP contribution in [0.2, 0.25) is 0 Å². The summed E-state index contributed by atoms with van der Waals surface area (Å²) < 4.78 is 6.77. The fourth-order valence-electron chi connectivity index (χ4n) is 2.38. The lowest BCUT2D eigenvalue weighted by Crippen LogP contribution is -2.27. The first-order valence-corrected chi connectivity index (χ1v) is 7.27. The Morgan fingerprint density at radius 2 is 1.83 bits per heavy atom. The first kappa shape index (κ1) is 14.8. The molecule has 2 aromatic carbocycles. The van der Waals surface area contributed by atoms with Crippen LogP contribution in [-0.4, -0.2) is 22.8 Å². The molecule has 0 unspecified atom stereocenters. The van der Waals surface area contributed by atoms with E-state index >= 15 is 0 Å². The molecule has 0 aliphatic heterocycles. The largest absolute Gasteiger partial charge is 0.497 e. The van der Waals surface area contributed by atoms with Gasteiger partial charge in [0.25, 0.3) is 5.91 Å². The maximum Gasteiger partial charge on any atom is 0.253 e. The number of nitrogens with one attached hydrogen (secondary N) is 1. The maximum atomic E-state index is 12.8. The number of benzene rings is 2. The molecule has 3 rings (SSSR count). The van der Waals surface area contributed by atoms with Crippen molar-refractivity contribution in [2.45, 2.75) is 6.04 Å². The molecule has 23 heavy (non-hydrogen) atoms. The number of aromatic nitrogens is 2. The summed E-state index contributed by atoms with van der Waals surface area (Å²) in [5, 5.41) is 7.14. The highest BCUT2D eigenvalue weighted by molar-refractivity contribution is 5.95. The fraction of sp³-hybridized carbons (Fsp3) is 0.111. The standard InChI is InChI=1S/C18H17N3O2/c1-23-16-10-8-15(9-11-16)20-18(22)17(21-13-5-12-19-21)14-6-3-2-4-7-14/h2-13,17H,1H3,(H,20,22)/t17-/m0/s1. The number of rotatable bonds is 5. The van der Waals surface area contributed by atoms with E-state index in [9.17, 15) is 4.79 Å². The summed E-state index contributed by atoms with van der Waals surface area (Å²) in [4.78, 5) is 12.8. The van der Waals surface area contributed by atoms with Gasteiger partial charge >= 0.3 is 0 Å². The zero-order chi connectivity index (χ0) is 16.1. The third kappa shape index (κ3) is 3.40. The van der Waals surface area contributed by atoms with Crippen LogP contribution in [-0.2, 0) is 4.79 Å². The Bertz CT molecular complexity index is 753. The Kier molecular flexibility index (Phi) is 4.38. The van der Waals surface area contributed by atoms with Gasteiger partial charge in [-0.25, -0.2) is 0 Å². The van der Waals surface area contributed by atoms with E-state index in [0.29, 0.717) is 5.69 Å². The van der Waals surface area contributed by atoms with Crippen LogP contribution in [0.1, 0.15) is 11.6 Å². The highest BCUT2D eigenvalue weighted by Crippen LogP contribution is 2.21. The number of amides is 1.